The SMILES string of the molecule is COc1ccc(C(=O)COC(=O)[C@H]2CCC(=O)N2)cc1. The molecule has 106 valence electrons. The van der Waals surface area contributed by atoms with E-state index in [2.05, 4.69) is 5.32 Å². The van der Waals surface area contributed by atoms with Crippen molar-refractivity contribution in [2.75, 3.05) is 13.7 Å². The van der Waals surface area contributed by atoms with Crippen LogP contribution >= 0.6 is 0 Å². The van der Waals surface area contributed by atoms with Crippen molar-refractivity contribution in [2.45, 2.75) is 18.9 Å². The van der Waals surface area contributed by atoms with Crippen LogP contribution in [0.5, 0.6) is 5.75 Å². The third kappa shape index (κ3) is 3.34. The Morgan fingerprint density at radius 2 is 2.00 bits per heavy atom. The van der Waals surface area contributed by atoms with Gasteiger partial charge in [-0.1, -0.05) is 0 Å². The highest BCUT2D eigenvalue weighted by Crippen LogP contribution is 2.12. The Hall–Kier alpha value is -2.37. The number of esters is 1. The highest BCUT2D eigenvalue weighted by Gasteiger charge is 2.28. The summed E-state index contributed by atoms with van der Waals surface area (Å²) in [5.41, 5.74) is 0.439. The van der Waals surface area contributed by atoms with Crippen molar-refractivity contribution < 1.29 is 23.9 Å². The molecule has 1 fully saturated rings. The summed E-state index contributed by atoms with van der Waals surface area (Å²) in [6, 6.07) is 5.89. The van der Waals surface area contributed by atoms with E-state index in [0.717, 1.165) is 0 Å². The van der Waals surface area contributed by atoms with E-state index in [4.69, 9.17) is 9.47 Å². The molecule has 1 aromatic carbocycles. The monoisotopic (exact) mass is 277 g/mol. The van der Waals surface area contributed by atoms with Crippen molar-refractivity contribution in [3.8, 4) is 5.75 Å². The molecular formula is C14H15NO5. The van der Waals surface area contributed by atoms with E-state index in [1.165, 1.54) is 7.11 Å². The Morgan fingerprint density at radius 3 is 2.55 bits per heavy atom. The Balaban J connectivity index is 1.85. The van der Waals surface area contributed by atoms with Crippen molar-refractivity contribution in [2.24, 2.45) is 0 Å². The van der Waals surface area contributed by atoms with Crippen LogP contribution in [0.25, 0.3) is 0 Å². The van der Waals surface area contributed by atoms with Gasteiger partial charge in [-0.3, -0.25) is 9.59 Å². The molecule has 6 heteroatoms. The smallest absolute Gasteiger partial charge is 0.329 e. The highest BCUT2D eigenvalue weighted by atomic mass is 16.5. The van der Waals surface area contributed by atoms with Gasteiger partial charge in [0.25, 0.3) is 0 Å². The summed E-state index contributed by atoms with van der Waals surface area (Å²) < 4.78 is 9.90. The molecule has 1 atom stereocenters. The molecule has 0 spiro atoms. The second kappa shape index (κ2) is 6.18. The predicted molar refractivity (Wildman–Crippen MR) is 69.4 cm³/mol. The molecule has 1 amide bonds. The number of ketones is 1. The van der Waals surface area contributed by atoms with Crippen molar-refractivity contribution in [1.82, 2.24) is 5.32 Å². The third-order valence-electron chi connectivity index (χ3n) is 3.04. The molecule has 1 aromatic rings. The van der Waals surface area contributed by atoms with Crippen molar-refractivity contribution in [3.05, 3.63) is 29.8 Å². The van der Waals surface area contributed by atoms with Crippen LogP contribution in [0.4, 0.5) is 0 Å². The van der Waals surface area contributed by atoms with Gasteiger partial charge in [0.05, 0.1) is 7.11 Å². The fourth-order valence-corrected chi connectivity index (χ4v) is 1.89. The summed E-state index contributed by atoms with van der Waals surface area (Å²) in [6.45, 7) is -0.336. The zero-order chi connectivity index (χ0) is 14.5. The number of Topliss-reactive ketones (excluding diaryl/α,β-unsaturated/α-hetero) is 1. The minimum atomic E-state index is -0.633. The van der Waals surface area contributed by atoms with Gasteiger partial charge in [0.2, 0.25) is 5.91 Å². The van der Waals surface area contributed by atoms with Gasteiger partial charge in [0, 0.05) is 12.0 Å². The molecule has 20 heavy (non-hydrogen) atoms. The fraction of sp³-hybridized carbons (Fsp3) is 0.357. The van der Waals surface area contributed by atoms with Crippen molar-refractivity contribution >= 4 is 17.7 Å². The van der Waals surface area contributed by atoms with E-state index in [9.17, 15) is 14.4 Å². The van der Waals surface area contributed by atoms with Crippen molar-refractivity contribution in [3.63, 3.8) is 0 Å². The number of rotatable bonds is 5. The van der Waals surface area contributed by atoms with Gasteiger partial charge in [-0.25, -0.2) is 4.79 Å². The number of methoxy groups -OCH3 is 1. The highest BCUT2D eigenvalue weighted by molar-refractivity contribution is 5.98. The van der Waals surface area contributed by atoms with Gasteiger partial charge in [-0.05, 0) is 30.7 Å². The molecular weight excluding hydrogens is 262 g/mol. The van der Waals surface area contributed by atoms with E-state index in [0.29, 0.717) is 24.2 Å². The van der Waals surface area contributed by atoms with Crippen LogP contribution < -0.4 is 10.1 Å². The molecule has 2 rings (SSSR count). The van der Waals surface area contributed by atoms with Gasteiger partial charge in [-0.2, -0.15) is 0 Å². The lowest BCUT2D eigenvalue weighted by atomic mass is 10.1. The second-order valence-corrected chi connectivity index (χ2v) is 4.42. The average Bonchev–Trinajstić information content (AvgIpc) is 2.91. The van der Waals surface area contributed by atoms with E-state index in [1.807, 2.05) is 0 Å². The molecule has 0 radical (unpaired) electrons. The number of carbonyl (C=O) groups is 3. The molecule has 0 aliphatic carbocycles. The molecule has 0 unspecified atom stereocenters. The molecule has 1 aliphatic heterocycles. The normalized spacial score (nSPS) is 17.4. The van der Waals surface area contributed by atoms with E-state index in [1.54, 1.807) is 24.3 Å². The summed E-state index contributed by atoms with van der Waals surface area (Å²) in [6.07, 6.45) is 0.723. The Bertz CT molecular complexity index is 523. The first kappa shape index (κ1) is 14.0. The quantitative estimate of drug-likeness (QED) is 0.633. The summed E-state index contributed by atoms with van der Waals surface area (Å²) in [4.78, 5) is 34.4. The zero-order valence-corrected chi connectivity index (χ0v) is 11.0. The lowest BCUT2D eigenvalue weighted by molar-refractivity contribution is -0.145. The first-order valence-electron chi connectivity index (χ1n) is 6.23. The lowest BCUT2D eigenvalue weighted by Gasteiger charge is -2.09. The number of hydrogen-bond acceptors (Lipinski definition) is 5. The van der Waals surface area contributed by atoms with Crippen LogP contribution in [-0.4, -0.2) is 37.4 Å². The number of amides is 1. The van der Waals surface area contributed by atoms with E-state index in [-0.39, 0.29) is 18.3 Å². The first-order valence-corrected chi connectivity index (χ1v) is 6.23. The maximum Gasteiger partial charge on any atom is 0.329 e. The van der Waals surface area contributed by atoms with Crippen LogP contribution in [0.2, 0.25) is 0 Å². The average molecular weight is 277 g/mol. The molecule has 1 aliphatic rings. The fourth-order valence-electron chi connectivity index (χ4n) is 1.89. The van der Waals surface area contributed by atoms with Crippen molar-refractivity contribution in [1.29, 1.82) is 0 Å². The molecule has 1 saturated heterocycles. The Labute approximate surface area is 116 Å². The summed E-state index contributed by atoms with van der Waals surface area (Å²) >= 11 is 0. The van der Waals surface area contributed by atoms with Gasteiger partial charge in [0.15, 0.2) is 12.4 Å². The topological polar surface area (TPSA) is 81.7 Å². The van der Waals surface area contributed by atoms with Gasteiger partial charge >= 0.3 is 5.97 Å². The molecule has 0 saturated carbocycles. The number of nitrogens with one attached hydrogen (secondary N) is 1. The summed E-state index contributed by atoms with van der Waals surface area (Å²) in [5.74, 6) is -0.399. The standard InChI is InChI=1S/C14H15NO5/c1-19-10-4-2-9(3-5-10)12(16)8-20-14(18)11-6-7-13(17)15-11/h2-5,11H,6-8H2,1H3,(H,15,17)/t11-/m1/s1. The van der Waals surface area contributed by atoms with Crippen LogP contribution in [0, 0.1) is 0 Å². The third-order valence-corrected chi connectivity index (χ3v) is 3.04. The van der Waals surface area contributed by atoms with E-state index < -0.39 is 12.0 Å². The largest absolute Gasteiger partial charge is 0.497 e. The van der Waals surface area contributed by atoms with Gasteiger partial charge < -0.3 is 14.8 Å². The number of hydrogen-bond donors (Lipinski definition) is 1. The molecule has 0 bridgehead atoms. The minimum absolute atomic E-state index is 0.173. The number of ether oxygens (including phenoxy) is 2. The Morgan fingerprint density at radius 1 is 1.30 bits per heavy atom. The summed E-state index contributed by atoms with van der Waals surface area (Å²) in [7, 11) is 1.54. The van der Waals surface area contributed by atoms with Gasteiger partial charge in [0.1, 0.15) is 11.8 Å². The first-order chi connectivity index (χ1) is 9.60. The van der Waals surface area contributed by atoms with Gasteiger partial charge in [-0.15, -0.1) is 0 Å². The molecule has 1 N–H and O–H groups in total. The van der Waals surface area contributed by atoms with Crippen LogP contribution in [0.15, 0.2) is 24.3 Å². The number of benzene rings is 1. The second-order valence-electron chi connectivity index (χ2n) is 4.42. The van der Waals surface area contributed by atoms with E-state index >= 15 is 0 Å². The maximum atomic E-state index is 11.8. The predicted octanol–water partition coefficient (Wildman–Crippen LogP) is 0.700. The number of carbonyl (C=O) groups excluding carboxylic acids is 3. The summed E-state index contributed by atoms with van der Waals surface area (Å²) in [5, 5.41) is 2.49. The molecule has 1 heterocycles. The minimum Gasteiger partial charge on any atom is -0.497 e. The van der Waals surface area contributed by atoms with Crippen LogP contribution in [-0.2, 0) is 14.3 Å². The Kier molecular flexibility index (Phi) is 4.34. The molecule has 6 nitrogen and oxygen atoms in total. The zero-order valence-electron chi connectivity index (χ0n) is 11.0. The van der Waals surface area contributed by atoms with Crippen LogP contribution in [0.3, 0.4) is 0 Å². The maximum absolute atomic E-state index is 11.8. The lowest BCUT2D eigenvalue weighted by Crippen LogP contribution is -2.35. The molecule has 0 aromatic heterocycles. The van der Waals surface area contributed by atoms with Crippen LogP contribution in [0.1, 0.15) is 23.2 Å².